The molecule has 1 amide bonds. The largest absolute Gasteiger partial charge is 0.330 e. The van der Waals surface area contributed by atoms with Crippen LogP contribution < -0.4 is 5.32 Å². The van der Waals surface area contributed by atoms with Gasteiger partial charge in [-0.15, -0.1) is 0 Å². The summed E-state index contributed by atoms with van der Waals surface area (Å²) in [5.74, 6) is -0.276. The van der Waals surface area contributed by atoms with Crippen molar-refractivity contribution in [1.82, 2.24) is 5.32 Å². The van der Waals surface area contributed by atoms with Gasteiger partial charge in [-0.2, -0.15) is 0 Å². The number of allylic oxidation sites excluding steroid dienone is 1. The van der Waals surface area contributed by atoms with Gasteiger partial charge in [-0.05, 0) is 18.2 Å². The van der Waals surface area contributed by atoms with E-state index in [2.05, 4.69) is 11.9 Å². The molecule has 1 aliphatic rings. The van der Waals surface area contributed by atoms with Crippen molar-refractivity contribution >= 4 is 5.91 Å². The van der Waals surface area contributed by atoms with E-state index in [-0.39, 0.29) is 23.6 Å². The quantitative estimate of drug-likeness (QED) is 0.589. The van der Waals surface area contributed by atoms with Crippen LogP contribution in [0.5, 0.6) is 0 Å². The molecule has 1 heterocycles. The first kappa shape index (κ1) is 7.84. The molecule has 2 atom stereocenters. The maximum atomic E-state index is 11.6. The molecule has 1 aliphatic heterocycles. The number of hydrogen-bond acceptors (Lipinski definition) is 1. The van der Waals surface area contributed by atoms with Gasteiger partial charge in [0, 0.05) is 13.0 Å². The Morgan fingerprint density at radius 2 is 2.25 bits per heavy atom. The molecule has 1 N–H and O–H groups in total. The molecule has 1 saturated heterocycles. The van der Waals surface area contributed by atoms with Crippen LogP contribution in [0.4, 0.5) is 0 Å². The highest BCUT2D eigenvalue weighted by Crippen LogP contribution is 2.33. The first-order valence-corrected chi connectivity index (χ1v) is 4.23. The second-order valence-electron chi connectivity index (χ2n) is 4.38. The fourth-order valence-electron chi connectivity index (χ4n) is 1.42. The van der Waals surface area contributed by atoms with E-state index in [0.29, 0.717) is 12.1 Å². The molecule has 12 heavy (non-hydrogen) atoms. The van der Waals surface area contributed by atoms with Gasteiger partial charge in [0.1, 0.15) is 0 Å². The highest BCUT2D eigenvalue weighted by molar-refractivity contribution is 5.82. The SMILES string of the molecule is [2H]C1CC(=C)NC(=O)C1C(C)(C)C. The molecule has 0 radical (unpaired) electrons. The molecule has 68 valence electrons. The van der Waals surface area contributed by atoms with Crippen LogP contribution in [0.2, 0.25) is 0 Å². The number of nitrogens with one attached hydrogen (secondary N) is 1. The number of piperidine rings is 1. The van der Waals surface area contributed by atoms with Crippen molar-refractivity contribution < 1.29 is 6.17 Å². The number of amides is 1. The molecular formula is C10H17NO. The summed E-state index contributed by atoms with van der Waals surface area (Å²) in [6, 6.07) is 0. The third-order valence-corrected chi connectivity index (χ3v) is 2.12. The Balaban J connectivity index is 2.85. The predicted octanol–water partition coefficient (Wildman–Crippen LogP) is 2.07. The predicted molar refractivity (Wildman–Crippen MR) is 49.5 cm³/mol. The van der Waals surface area contributed by atoms with Crippen LogP contribution in [0.3, 0.4) is 0 Å². The fourth-order valence-corrected chi connectivity index (χ4v) is 1.42. The van der Waals surface area contributed by atoms with Gasteiger partial charge in [-0.1, -0.05) is 27.4 Å². The monoisotopic (exact) mass is 168 g/mol. The van der Waals surface area contributed by atoms with Crippen LogP contribution in [0.25, 0.3) is 0 Å². The van der Waals surface area contributed by atoms with E-state index in [0.717, 1.165) is 0 Å². The van der Waals surface area contributed by atoms with Crippen LogP contribution in [-0.4, -0.2) is 5.91 Å². The number of carbonyl (C=O) groups excluding carboxylic acids is 1. The van der Waals surface area contributed by atoms with Gasteiger partial charge < -0.3 is 5.32 Å². The van der Waals surface area contributed by atoms with Gasteiger partial charge in [0.05, 0.1) is 0 Å². The standard InChI is InChI=1S/C10H17NO/c1-7-5-6-8(9(12)11-7)10(2,3)4/h8H,1,5-6H2,2-4H3,(H,11,12)/i6D. The van der Waals surface area contributed by atoms with Gasteiger partial charge in [0.25, 0.3) is 0 Å². The lowest BCUT2D eigenvalue weighted by Crippen LogP contribution is -2.41. The fraction of sp³-hybridized carbons (Fsp3) is 0.700. The molecule has 1 fully saturated rings. The lowest BCUT2D eigenvalue weighted by atomic mass is 9.76. The molecule has 0 bridgehead atoms. The molecule has 0 spiro atoms. The molecule has 0 aromatic rings. The summed E-state index contributed by atoms with van der Waals surface area (Å²) in [4.78, 5) is 11.6. The van der Waals surface area contributed by atoms with Gasteiger partial charge in [-0.3, -0.25) is 4.79 Å². The Labute approximate surface area is 75.4 Å². The Bertz CT molecular complexity index is 242. The van der Waals surface area contributed by atoms with E-state index >= 15 is 0 Å². The summed E-state index contributed by atoms with van der Waals surface area (Å²) in [6.07, 6.45) is 0.231. The van der Waals surface area contributed by atoms with Gasteiger partial charge in [-0.25, -0.2) is 0 Å². The molecule has 2 heteroatoms. The summed E-state index contributed by atoms with van der Waals surface area (Å²) >= 11 is 0. The molecule has 0 saturated carbocycles. The van der Waals surface area contributed by atoms with Crippen molar-refractivity contribution in [2.24, 2.45) is 11.3 Å². The van der Waals surface area contributed by atoms with E-state index in [1.165, 1.54) is 0 Å². The smallest absolute Gasteiger partial charge is 0.227 e. The van der Waals surface area contributed by atoms with Crippen molar-refractivity contribution in [2.75, 3.05) is 0 Å². The van der Waals surface area contributed by atoms with Gasteiger partial charge in [0.15, 0.2) is 0 Å². The minimum absolute atomic E-state index is 0.0521. The van der Waals surface area contributed by atoms with Crippen molar-refractivity contribution in [1.29, 1.82) is 0 Å². The lowest BCUT2D eigenvalue weighted by Gasteiger charge is -2.33. The van der Waals surface area contributed by atoms with Crippen molar-refractivity contribution in [3.63, 3.8) is 0 Å². The molecule has 2 nitrogen and oxygen atoms in total. The second kappa shape index (κ2) is 2.92. The summed E-state index contributed by atoms with van der Waals surface area (Å²) in [5.41, 5.74) is 0.530. The van der Waals surface area contributed by atoms with E-state index in [1.807, 2.05) is 20.8 Å². The summed E-state index contributed by atoms with van der Waals surface area (Å²) in [6.45, 7) is 9.66. The maximum Gasteiger partial charge on any atom is 0.227 e. The van der Waals surface area contributed by atoms with Crippen LogP contribution >= 0.6 is 0 Å². The van der Waals surface area contributed by atoms with Crippen molar-refractivity contribution in [2.45, 2.75) is 33.6 Å². The Morgan fingerprint density at radius 3 is 2.67 bits per heavy atom. The first-order valence-electron chi connectivity index (χ1n) is 4.81. The Morgan fingerprint density at radius 1 is 1.67 bits per heavy atom. The van der Waals surface area contributed by atoms with Crippen molar-refractivity contribution in [3.8, 4) is 0 Å². The second-order valence-corrected chi connectivity index (χ2v) is 4.38. The minimum atomic E-state index is -0.346. The lowest BCUT2D eigenvalue weighted by molar-refractivity contribution is -0.129. The normalized spacial score (nSPS) is 32.8. The highest BCUT2D eigenvalue weighted by atomic mass is 16.2. The topological polar surface area (TPSA) is 29.1 Å². The summed E-state index contributed by atoms with van der Waals surface area (Å²) in [5, 5.41) is 2.71. The van der Waals surface area contributed by atoms with E-state index in [1.54, 1.807) is 0 Å². The average molecular weight is 168 g/mol. The maximum absolute atomic E-state index is 11.6. The molecule has 1 rings (SSSR count). The first-order chi connectivity index (χ1) is 5.82. The van der Waals surface area contributed by atoms with Crippen molar-refractivity contribution in [3.05, 3.63) is 12.3 Å². The number of carbonyl (C=O) groups is 1. The van der Waals surface area contributed by atoms with E-state index in [9.17, 15) is 4.79 Å². The number of hydrogen-bond donors (Lipinski definition) is 1. The zero-order chi connectivity index (χ0) is 10.2. The zero-order valence-electron chi connectivity index (χ0n) is 8.98. The van der Waals surface area contributed by atoms with E-state index in [4.69, 9.17) is 1.37 Å². The minimum Gasteiger partial charge on any atom is -0.330 e. The van der Waals surface area contributed by atoms with Gasteiger partial charge in [0.2, 0.25) is 5.91 Å². The third-order valence-electron chi connectivity index (χ3n) is 2.12. The van der Waals surface area contributed by atoms with Crippen LogP contribution in [0, 0.1) is 11.3 Å². The third kappa shape index (κ3) is 1.87. The summed E-state index contributed by atoms with van der Waals surface area (Å²) in [7, 11) is 0. The Hall–Kier alpha value is -0.790. The van der Waals surface area contributed by atoms with Crippen LogP contribution in [-0.2, 0) is 4.79 Å². The van der Waals surface area contributed by atoms with Gasteiger partial charge >= 0.3 is 0 Å². The molecule has 0 aromatic carbocycles. The van der Waals surface area contributed by atoms with E-state index < -0.39 is 0 Å². The molecule has 2 unspecified atom stereocenters. The highest BCUT2D eigenvalue weighted by Gasteiger charge is 2.33. The molecule has 0 aliphatic carbocycles. The average Bonchev–Trinajstić information content (AvgIpc) is 1.78. The zero-order valence-corrected chi connectivity index (χ0v) is 7.98. The summed E-state index contributed by atoms with van der Waals surface area (Å²) < 4.78 is 7.82. The molecule has 0 aromatic heterocycles. The Kier molecular flexibility index (Phi) is 1.91. The van der Waals surface area contributed by atoms with Crippen LogP contribution in [0.15, 0.2) is 12.3 Å². The molecular weight excluding hydrogens is 150 g/mol. The van der Waals surface area contributed by atoms with Crippen LogP contribution in [0.1, 0.15) is 35.0 Å². The number of rotatable bonds is 0.